The molecule has 2 fully saturated rings. The van der Waals surface area contributed by atoms with Gasteiger partial charge in [-0.25, -0.2) is 0 Å². The molecule has 0 radical (unpaired) electrons. The lowest BCUT2D eigenvalue weighted by Gasteiger charge is -2.46. The van der Waals surface area contributed by atoms with Gasteiger partial charge in [0.25, 0.3) is 0 Å². The fraction of sp³-hybridized carbons (Fsp3) is 0.875. The number of amides is 2. The maximum absolute atomic E-state index is 12.9. The highest BCUT2D eigenvalue weighted by Crippen LogP contribution is 2.35. The predicted octanol–water partition coefficient (Wildman–Crippen LogP) is 2.33. The summed E-state index contributed by atoms with van der Waals surface area (Å²) in [6.45, 7) is 10.2. The molecule has 1 aliphatic carbocycles. The molecule has 114 valence electrons. The highest BCUT2D eigenvalue weighted by atomic mass is 16.2. The first-order valence-corrected chi connectivity index (χ1v) is 7.90. The lowest BCUT2D eigenvalue weighted by Crippen LogP contribution is -2.68. The van der Waals surface area contributed by atoms with Gasteiger partial charge in [-0.15, -0.1) is 0 Å². The lowest BCUT2D eigenvalue weighted by atomic mass is 9.82. The first kappa shape index (κ1) is 15.3. The molecule has 4 unspecified atom stereocenters. The van der Waals surface area contributed by atoms with E-state index in [0.29, 0.717) is 12.3 Å². The molecule has 0 spiro atoms. The molecule has 4 heteroatoms. The van der Waals surface area contributed by atoms with E-state index in [1.54, 1.807) is 0 Å². The van der Waals surface area contributed by atoms with Crippen LogP contribution in [-0.4, -0.2) is 34.8 Å². The van der Waals surface area contributed by atoms with Gasteiger partial charge in [0, 0.05) is 6.04 Å². The van der Waals surface area contributed by atoms with Crippen LogP contribution < -0.4 is 5.32 Å². The molecule has 1 saturated heterocycles. The highest BCUT2D eigenvalue weighted by molar-refractivity contribution is 5.97. The quantitative estimate of drug-likeness (QED) is 0.844. The Morgan fingerprint density at radius 3 is 2.35 bits per heavy atom. The van der Waals surface area contributed by atoms with Gasteiger partial charge in [0.05, 0.1) is 0 Å². The van der Waals surface area contributed by atoms with Gasteiger partial charge in [-0.1, -0.05) is 41.0 Å². The first-order valence-electron chi connectivity index (χ1n) is 7.90. The molecule has 1 heterocycles. The van der Waals surface area contributed by atoms with E-state index in [1.807, 2.05) is 32.6 Å². The molecule has 1 aliphatic heterocycles. The van der Waals surface area contributed by atoms with Crippen LogP contribution in [-0.2, 0) is 9.59 Å². The molecule has 1 N–H and O–H groups in total. The lowest BCUT2D eigenvalue weighted by molar-refractivity contribution is -0.156. The van der Waals surface area contributed by atoms with Crippen LogP contribution in [0.2, 0.25) is 0 Å². The van der Waals surface area contributed by atoms with Crippen molar-refractivity contribution in [2.45, 2.75) is 78.4 Å². The monoisotopic (exact) mass is 280 g/mol. The molecule has 20 heavy (non-hydrogen) atoms. The van der Waals surface area contributed by atoms with Crippen molar-refractivity contribution in [3.63, 3.8) is 0 Å². The largest absolute Gasteiger partial charge is 0.342 e. The van der Waals surface area contributed by atoms with Crippen molar-refractivity contribution < 1.29 is 9.59 Å². The Bertz CT molecular complexity index is 400. The molecule has 1 saturated carbocycles. The molecule has 0 aromatic rings. The molecule has 0 aromatic heterocycles. The van der Waals surface area contributed by atoms with Gasteiger partial charge in [-0.2, -0.15) is 0 Å². The fourth-order valence-corrected chi connectivity index (χ4v) is 3.63. The fourth-order valence-electron chi connectivity index (χ4n) is 3.63. The zero-order valence-corrected chi connectivity index (χ0v) is 13.4. The van der Waals surface area contributed by atoms with E-state index < -0.39 is 6.04 Å². The van der Waals surface area contributed by atoms with Crippen LogP contribution >= 0.6 is 0 Å². The predicted molar refractivity (Wildman–Crippen MR) is 79.1 cm³/mol. The second-order valence-corrected chi connectivity index (χ2v) is 7.45. The first-order chi connectivity index (χ1) is 9.27. The van der Waals surface area contributed by atoms with Crippen LogP contribution in [0.15, 0.2) is 0 Å². The van der Waals surface area contributed by atoms with Crippen LogP contribution in [0.1, 0.15) is 60.3 Å². The Balaban J connectivity index is 2.32. The second kappa shape index (κ2) is 5.38. The minimum Gasteiger partial charge on any atom is -0.342 e. The van der Waals surface area contributed by atoms with Gasteiger partial charge >= 0.3 is 0 Å². The average molecular weight is 280 g/mol. The summed E-state index contributed by atoms with van der Waals surface area (Å²) in [5.74, 6) is 0.633. The summed E-state index contributed by atoms with van der Waals surface area (Å²) in [7, 11) is 0. The summed E-state index contributed by atoms with van der Waals surface area (Å²) in [5, 5.41) is 2.95. The van der Waals surface area contributed by atoms with Gasteiger partial charge < -0.3 is 10.2 Å². The van der Waals surface area contributed by atoms with Crippen molar-refractivity contribution in [3.8, 4) is 0 Å². The van der Waals surface area contributed by atoms with Crippen molar-refractivity contribution in [2.24, 2.45) is 11.3 Å². The average Bonchev–Trinajstić information content (AvgIpc) is 2.75. The van der Waals surface area contributed by atoms with E-state index in [0.717, 1.165) is 19.3 Å². The smallest absolute Gasteiger partial charge is 0.246 e. The van der Waals surface area contributed by atoms with Crippen LogP contribution in [0.5, 0.6) is 0 Å². The van der Waals surface area contributed by atoms with E-state index in [4.69, 9.17) is 0 Å². The molecule has 4 nitrogen and oxygen atoms in total. The number of carbonyl (C=O) groups excluding carboxylic acids is 2. The molecule has 2 amide bonds. The summed E-state index contributed by atoms with van der Waals surface area (Å²) in [6, 6.07) is -0.444. The van der Waals surface area contributed by atoms with E-state index in [2.05, 4.69) is 12.2 Å². The Morgan fingerprint density at radius 1 is 1.25 bits per heavy atom. The standard InChI is InChI=1S/C16H28N2O2/c1-6-11-14(19)17-13(16(3,4)5)15(20)18(11)12-9-7-8-10(12)2/h10-13H,6-9H2,1-5H3,(H,17,19). The SMILES string of the molecule is CCC1C(=O)NC(C(C)(C)C)C(=O)N1C1CCCC1C. The Kier molecular flexibility index (Phi) is 4.12. The second-order valence-electron chi connectivity index (χ2n) is 7.45. The summed E-state index contributed by atoms with van der Waals surface area (Å²) < 4.78 is 0. The molecule has 2 aliphatic rings. The third-order valence-electron chi connectivity index (χ3n) is 4.85. The number of hydrogen-bond acceptors (Lipinski definition) is 2. The molecular weight excluding hydrogens is 252 g/mol. The Morgan fingerprint density at radius 2 is 1.90 bits per heavy atom. The molecule has 0 bridgehead atoms. The minimum absolute atomic E-state index is 0.0196. The normalized spacial score (nSPS) is 35.4. The van der Waals surface area contributed by atoms with E-state index >= 15 is 0 Å². The highest BCUT2D eigenvalue weighted by Gasteiger charge is 2.48. The number of hydrogen-bond donors (Lipinski definition) is 1. The van der Waals surface area contributed by atoms with Crippen molar-refractivity contribution in [3.05, 3.63) is 0 Å². The Labute approximate surface area is 122 Å². The van der Waals surface area contributed by atoms with Crippen LogP contribution in [0.25, 0.3) is 0 Å². The third kappa shape index (κ3) is 2.57. The maximum Gasteiger partial charge on any atom is 0.246 e. The van der Waals surface area contributed by atoms with E-state index in [-0.39, 0.29) is 29.3 Å². The summed E-state index contributed by atoms with van der Waals surface area (Å²) in [4.78, 5) is 27.3. The van der Waals surface area contributed by atoms with Crippen LogP contribution in [0.4, 0.5) is 0 Å². The number of rotatable bonds is 2. The minimum atomic E-state index is -0.398. The van der Waals surface area contributed by atoms with Crippen molar-refractivity contribution >= 4 is 11.8 Å². The van der Waals surface area contributed by atoms with Gasteiger partial charge in [-0.05, 0) is 30.6 Å². The van der Waals surface area contributed by atoms with Gasteiger partial charge in [0.15, 0.2) is 0 Å². The molecular formula is C16H28N2O2. The summed E-state index contributed by atoms with van der Waals surface area (Å²) in [6.07, 6.45) is 4.05. The molecule has 4 atom stereocenters. The number of piperazine rings is 1. The molecule has 0 aromatic carbocycles. The van der Waals surface area contributed by atoms with E-state index in [9.17, 15) is 9.59 Å². The third-order valence-corrected chi connectivity index (χ3v) is 4.85. The van der Waals surface area contributed by atoms with E-state index in [1.165, 1.54) is 0 Å². The number of carbonyl (C=O) groups is 2. The van der Waals surface area contributed by atoms with Gasteiger partial charge in [0.1, 0.15) is 12.1 Å². The van der Waals surface area contributed by atoms with Gasteiger partial charge in [0.2, 0.25) is 11.8 Å². The maximum atomic E-state index is 12.9. The summed E-state index contributed by atoms with van der Waals surface area (Å²) in [5.41, 5.74) is -0.244. The zero-order valence-electron chi connectivity index (χ0n) is 13.4. The summed E-state index contributed by atoms with van der Waals surface area (Å²) >= 11 is 0. The molecule has 2 rings (SSSR count). The van der Waals surface area contributed by atoms with Crippen LogP contribution in [0, 0.1) is 11.3 Å². The zero-order chi connectivity index (χ0) is 15.1. The van der Waals surface area contributed by atoms with Gasteiger partial charge in [-0.3, -0.25) is 9.59 Å². The number of nitrogens with one attached hydrogen (secondary N) is 1. The van der Waals surface area contributed by atoms with Crippen molar-refractivity contribution in [1.82, 2.24) is 10.2 Å². The topological polar surface area (TPSA) is 49.4 Å². The van der Waals surface area contributed by atoms with Crippen LogP contribution in [0.3, 0.4) is 0 Å². The number of nitrogens with zero attached hydrogens (tertiary/aromatic N) is 1. The van der Waals surface area contributed by atoms with Crippen molar-refractivity contribution in [2.75, 3.05) is 0 Å². The Hall–Kier alpha value is -1.06. The van der Waals surface area contributed by atoms with Crippen molar-refractivity contribution in [1.29, 1.82) is 0 Å².